The number of benzene rings is 2. The third kappa shape index (κ3) is 3.84. The van der Waals surface area contributed by atoms with Crippen LogP contribution in [0.1, 0.15) is 42.2 Å². The van der Waals surface area contributed by atoms with E-state index in [0.717, 1.165) is 35.2 Å². The maximum absolute atomic E-state index is 12.4. The van der Waals surface area contributed by atoms with E-state index in [1.807, 2.05) is 56.3 Å². The number of nitrogens with zero attached hydrogens (tertiary/aromatic N) is 2. The summed E-state index contributed by atoms with van der Waals surface area (Å²) in [6, 6.07) is 13.1. The van der Waals surface area contributed by atoms with Gasteiger partial charge in [0.1, 0.15) is 0 Å². The number of amides is 2. The van der Waals surface area contributed by atoms with Crippen molar-refractivity contribution in [2.24, 2.45) is 0 Å². The fraction of sp³-hybridized carbons (Fsp3) is 0.286. The van der Waals surface area contributed by atoms with Gasteiger partial charge in [-0.25, -0.2) is 4.79 Å². The maximum Gasteiger partial charge on any atom is 0.323 e. The minimum atomic E-state index is -0.288. The van der Waals surface area contributed by atoms with E-state index in [1.54, 1.807) is 0 Å². The van der Waals surface area contributed by atoms with Crippen molar-refractivity contribution in [1.82, 2.24) is 10.1 Å². The van der Waals surface area contributed by atoms with Crippen LogP contribution in [-0.2, 0) is 0 Å². The van der Waals surface area contributed by atoms with Gasteiger partial charge in [0.25, 0.3) is 0 Å². The summed E-state index contributed by atoms with van der Waals surface area (Å²) < 4.78 is 5.39. The zero-order valence-electron chi connectivity index (χ0n) is 15.5. The topological polar surface area (TPSA) is 80.0 Å². The molecular formula is C21H22N4O2. The minimum Gasteiger partial charge on any atom is -0.339 e. The van der Waals surface area contributed by atoms with Gasteiger partial charge in [-0.15, -0.1) is 0 Å². The molecule has 0 atom stereocenters. The molecule has 1 fully saturated rings. The highest BCUT2D eigenvalue weighted by Gasteiger charge is 2.25. The molecule has 3 aromatic rings. The molecule has 2 amide bonds. The van der Waals surface area contributed by atoms with Crippen LogP contribution < -0.4 is 10.6 Å². The van der Waals surface area contributed by atoms with Crippen molar-refractivity contribution < 1.29 is 9.32 Å². The van der Waals surface area contributed by atoms with Crippen molar-refractivity contribution in [2.75, 3.05) is 10.6 Å². The molecule has 6 nitrogen and oxygen atoms in total. The van der Waals surface area contributed by atoms with Gasteiger partial charge in [-0.05, 0) is 56.0 Å². The van der Waals surface area contributed by atoms with Crippen molar-refractivity contribution in [3.05, 3.63) is 59.5 Å². The standard InChI is InChI=1S/C21H22N4O2/c1-13-9-10-14(2)18(11-13)23-21(26)22-17-8-4-7-16(12-17)19-24-20(27-25-19)15-5-3-6-15/h4,7-12,15H,3,5-6H2,1-2H3,(H2,22,23,26). The Kier molecular flexibility index (Phi) is 4.62. The Morgan fingerprint density at radius 2 is 1.96 bits per heavy atom. The van der Waals surface area contributed by atoms with Crippen LogP contribution in [0.4, 0.5) is 16.2 Å². The number of aromatic nitrogens is 2. The molecule has 1 aliphatic rings. The number of anilines is 2. The summed E-state index contributed by atoms with van der Waals surface area (Å²) in [5, 5.41) is 9.84. The second-order valence-electron chi connectivity index (χ2n) is 7.06. The van der Waals surface area contributed by atoms with Crippen LogP contribution >= 0.6 is 0 Å². The van der Waals surface area contributed by atoms with Gasteiger partial charge in [0.05, 0.1) is 0 Å². The van der Waals surface area contributed by atoms with E-state index in [1.165, 1.54) is 6.42 Å². The van der Waals surface area contributed by atoms with E-state index in [-0.39, 0.29) is 6.03 Å². The molecule has 0 saturated heterocycles. The Labute approximate surface area is 158 Å². The number of carbonyl (C=O) groups excluding carboxylic acids is 1. The average molecular weight is 362 g/mol. The molecule has 1 aliphatic carbocycles. The van der Waals surface area contributed by atoms with Crippen LogP contribution in [0, 0.1) is 13.8 Å². The largest absolute Gasteiger partial charge is 0.339 e. The second kappa shape index (κ2) is 7.23. The molecule has 27 heavy (non-hydrogen) atoms. The monoisotopic (exact) mass is 362 g/mol. The molecule has 0 radical (unpaired) electrons. The maximum atomic E-state index is 12.4. The van der Waals surface area contributed by atoms with Crippen LogP contribution in [0.25, 0.3) is 11.4 Å². The van der Waals surface area contributed by atoms with Gasteiger partial charge < -0.3 is 15.2 Å². The fourth-order valence-electron chi connectivity index (χ4n) is 3.06. The summed E-state index contributed by atoms with van der Waals surface area (Å²) in [5.74, 6) is 1.66. The molecule has 0 unspecified atom stereocenters. The van der Waals surface area contributed by atoms with E-state index >= 15 is 0 Å². The predicted octanol–water partition coefficient (Wildman–Crippen LogP) is 5.26. The number of hydrogen-bond acceptors (Lipinski definition) is 4. The first-order valence-electron chi connectivity index (χ1n) is 9.18. The third-order valence-electron chi connectivity index (χ3n) is 4.92. The van der Waals surface area contributed by atoms with Crippen molar-refractivity contribution in [3.63, 3.8) is 0 Å². The first-order chi connectivity index (χ1) is 13.1. The lowest BCUT2D eigenvalue weighted by Crippen LogP contribution is -2.20. The Hall–Kier alpha value is -3.15. The first-order valence-corrected chi connectivity index (χ1v) is 9.18. The SMILES string of the molecule is Cc1ccc(C)c(NC(=O)Nc2cccc(-c3noc(C4CCC4)n3)c2)c1. The van der Waals surface area contributed by atoms with E-state index in [0.29, 0.717) is 23.3 Å². The molecule has 2 aromatic carbocycles. The summed E-state index contributed by atoms with van der Waals surface area (Å²) in [6.45, 7) is 3.96. The van der Waals surface area contributed by atoms with Gasteiger partial charge in [-0.1, -0.05) is 35.8 Å². The summed E-state index contributed by atoms with van der Waals surface area (Å²) in [4.78, 5) is 16.9. The van der Waals surface area contributed by atoms with Crippen molar-refractivity contribution >= 4 is 17.4 Å². The zero-order chi connectivity index (χ0) is 18.8. The molecule has 0 aliphatic heterocycles. The lowest BCUT2D eigenvalue weighted by Gasteiger charge is -2.20. The highest BCUT2D eigenvalue weighted by atomic mass is 16.5. The van der Waals surface area contributed by atoms with Gasteiger partial charge in [0.15, 0.2) is 0 Å². The number of urea groups is 1. The Bertz CT molecular complexity index is 976. The van der Waals surface area contributed by atoms with Crippen LogP contribution in [0.3, 0.4) is 0 Å². The van der Waals surface area contributed by atoms with Crippen LogP contribution in [0.15, 0.2) is 47.0 Å². The molecule has 0 spiro atoms. The van der Waals surface area contributed by atoms with Crippen LogP contribution in [0.5, 0.6) is 0 Å². The number of rotatable bonds is 4. The fourth-order valence-corrected chi connectivity index (χ4v) is 3.06. The molecule has 138 valence electrons. The highest BCUT2D eigenvalue weighted by molar-refractivity contribution is 6.00. The molecule has 1 aromatic heterocycles. The van der Waals surface area contributed by atoms with Crippen molar-refractivity contribution in [1.29, 1.82) is 0 Å². The van der Waals surface area contributed by atoms with Gasteiger partial charge in [0, 0.05) is 22.9 Å². The Morgan fingerprint density at radius 3 is 2.74 bits per heavy atom. The second-order valence-corrected chi connectivity index (χ2v) is 7.06. The molecule has 1 heterocycles. The van der Waals surface area contributed by atoms with Crippen molar-refractivity contribution in [2.45, 2.75) is 39.0 Å². The number of hydrogen-bond donors (Lipinski definition) is 2. The normalized spacial score (nSPS) is 13.9. The summed E-state index contributed by atoms with van der Waals surface area (Å²) in [7, 11) is 0. The number of carbonyl (C=O) groups is 1. The molecular weight excluding hydrogens is 340 g/mol. The smallest absolute Gasteiger partial charge is 0.323 e. The Balaban J connectivity index is 1.46. The highest BCUT2D eigenvalue weighted by Crippen LogP contribution is 2.36. The molecule has 4 rings (SSSR count). The Morgan fingerprint density at radius 1 is 1.11 bits per heavy atom. The van der Waals surface area contributed by atoms with Crippen LogP contribution in [-0.4, -0.2) is 16.2 Å². The predicted molar refractivity (Wildman–Crippen MR) is 105 cm³/mol. The van der Waals surface area contributed by atoms with Crippen molar-refractivity contribution in [3.8, 4) is 11.4 Å². The van der Waals surface area contributed by atoms with Gasteiger partial charge in [-0.2, -0.15) is 4.98 Å². The van der Waals surface area contributed by atoms with Gasteiger partial charge in [0.2, 0.25) is 11.7 Å². The number of nitrogens with one attached hydrogen (secondary N) is 2. The summed E-state index contributed by atoms with van der Waals surface area (Å²) in [6.07, 6.45) is 3.45. The lowest BCUT2D eigenvalue weighted by atomic mass is 9.85. The van der Waals surface area contributed by atoms with E-state index in [9.17, 15) is 4.79 Å². The lowest BCUT2D eigenvalue weighted by molar-refractivity contribution is 0.262. The minimum absolute atomic E-state index is 0.288. The van der Waals surface area contributed by atoms with Crippen LogP contribution in [0.2, 0.25) is 0 Å². The molecule has 6 heteroatoms. The van der Waals surface area contributed by atoms with Gasteiger partial charge in [-0.3, -0.25) is 0 Å². The van der Waals surface area contributed by atoms with E-state index in [4.69, 9.17) is 4.52 Å². The summed E-state index contributed by atoms with van der Waals surface area (Å²) in [5.41, 5.74) is 4.39. The van der Waals surface area contributed by atoms with E-state index < -0.39 is 0 Å². The van der Waals surface area contributed by atoms with E-state index in [2.05, 4.69) is 20.8 Å². The summed E-state index contributed by atoms with van der Waals surface area (Å²) >= 11 is 0. The molecule has 0 bridgehead atoms. The molecule has 2 N–H and O–H groups in total. The third-order valence-corrected chi connectivity index (χ3v) is 4.92. The average Bonchev–Trinajstić information content (AvgIpc) is 3.06. The molecule has 1 saturated carbocycles. The quantitative estimate of drug-likeness (QED) is 0.663. The number of aryl methyl sites for hydroxylation is 2. The zero-order valence-corrected chi connectivity index (χ0v) is 15.5. The van der Waals surface area contributed by atoms with Gasteiger partial charge >= 0.3 is 6.03 Å². The first kappa shape index (κ1) is 17.3.